The Balaban J connectivity index is 1.89. The van der Waals surface area contributed by atoms with E-state index in [9.17, 15) is 9.90 Å². The van der Waals surface area contributed by atoms with Crippen LogP contribution in [0.1, 0.15) is 42.0 Å². The van der Waals surface area contributed by atoms with Gasteiger partial charge in [0.05, 0.1) is 12.3 Å². The predicted molar refractivity (Wildman–Crippen MR) is 86.7 cm³/mol. The smallest absolute Gasteiger partial charge is 0.315 e. The molecule has 0 saturated carbocycles. The summed E-state index contributed by atoms with van der Waals surface area (Å²) >= 11 is 0. The lowest BCUT2D eigenvalue weighted by atomic mass is 10.1. The highest BCUT2D eigenvalue weighted by Gasteiger charge is 2.14. The van der Waals surface area contributed by atoms with E-state index >= 15 is 0 Å². The van der Waals surface area contributed by atoms with Gasteiger partial charge in [0.15, 0.2) is 0 Å². The normalized spacial score (nSPS) is 10.6. The van der Waals surface area contributed by atoms with Crippen LogP contribution >= 0.6 is 0 Å². The highest BCUT2D eigenvalue weighted by Crippen LogP contribution is 2.15. The number of hydrogen-bond acceptors (Lipinski definition) is 4. The summed E-state index contributed by atoms with van der Waals surface area (Å²) < 4.78 is 5.28. The average molecular weight is 317 g/mol. The topological polar surface area (TPSA) is 87.4 Å². The Bertz CT molecular complexity index is 631. The number of carbonyl (C=O) groups excluding carboxylic acids is 1. The molecule has 2 amide bonds. The molecule has 0 radical (unpaired) electrons. The van der Waals surface area contributed by atoms with Crippen molar-refractivity contribution in [3.05, 3.63) is 52.4 Å². The third-order valence-electron chi connectivity index (χ3n) is 3.76. The first-order valence-corrected chi connectivity index (χ1v) is 7.85. The van der Waals surface area contributed by atoms with E-state index < -0.39 is 0 Å². The summed E-state index contributed by atoms with van der Waals surface area (Å²) in [5.41, 5.74) is 3.56. The van der Waals surface area contributed by atoms with E-state index in [-0.39, 0.29) is 12.6 Å². The van der Waals surface area contributed by atoms with Gasteiger partial charge in [-0.3, -0.25) is 0 Å². The number of aryl methyl sites for hydroxylation is 2. The molecule has 124 valence electrons. The molecule has 0 spiro atoms. The number of hydrogen-bond donors (Lipinski definition) is 3. The molecule has 2 rings (SSSR count). The molecule has 23 heavy (non-hydrogen) atoms. The number of aliphatic hydroxyl groups excluding tert-OH is 1. The van der Waals surface area contributed by atoms with Gasteiger partial charge < -0.3 is 20.3 Å². The molecule has 3 N–H and O–H groups in total. The van der Waals surface area contributed by atoms with Crippen LogP contribution in [0, 0.1) is 0 Å². The molecule has 0 aliphatic rings. The van der Waals surface area contributed by atoms with Crippen LogP contribution in [0.4, 0.5) is 4.79 Å². The molecule has 1 heterocycles. The molecule has 0 aliphatic heterocycles. The highest BCUT2D eigenvalue weighted by atomic mass is 16.5. The molecular formula is C17H23N3O3. The maximum absolute atomic E-state index is 12.0. The van der Waals surface area contributed by atoms with Crippen molar-refractivity contribution in [3.8, 4) is 0 Å². The van der Waals surface area contributed by atoms with Crippen LogP contribution < -0.4 is 10.6 Å². The van der Waals surface area contributed by atoms with Crippen LogP contribution in [0.3, 0.4) is 0 Å². The van der Waals surface area contributed by atoms with Crippen molar-refractivity contribution in [1.82, 2.24) is 15.8 Å². The van der Waals surface area contributed by atoms with E-state index in [1.807, 2.05) is 38.1 Å². The van der Waals surface area contributed by atoms with Crippen molar-refractivity contribution in [3.63, 3.8) is 0 Å². The Labute approximate surface area is 135 Å². The van der Waals surface area contributed by atoms with E-state index in [4.69, 9.17) is 4.52 Å². The lowest BCUT2D eigenvalue weighted by Gasteiger charge is -2.10. The van der Waals surface area contributed by atoms with Crippen molar-refractivity contribution in [2.75, 3.05) is 0 Å². The van der Waals surface area contributed by atoms with Crippen LogP contribution in [0.5, 0.6) is 0 Å². The number of nitrogens with zero attached hydrogens (tertiary/aromatic N) is 1. The van der Waals surface area contributed by atoms with Gasteiger partial charge in [-0.2, -0.15) is 0 Å². The fourth-order valence-electron chi connectivity index (χ4n) is 2.43. The Morgan fingerprint density at radius 3 is 2.48 bits per heavy atom. The second-order valence-electron chi connectivity index (χ2n) is 5.20. The molecule has 2 aromatic rings. The first-order chi connectivity index (χ1) is 11.2. The number of urea groups is 1. The first kappa shape index (κ1) is 17.0. The van der Waals surface area contributed by atoms with Gasteiger partial charge in [-0.05, 0) is 17.5 Å². The number of nitrogens with one attached hydrogen (secondary N) is 2. The highest BCUT2D eigenvalue weighted by molar-refractivity contribution is 5.73. The summed E-state index contributed by atoms with van der Waals surface area (Å²) in [7, 11) is 0. The molecule has 1 aromatic carbocycles. The van der Waals surface area contributed by atoms with Crippen LogP contribution in [-0.4, -0.2) is 16.3 Å². The summed E-state index contributed by atoms with van der Waals surface area (Å²) in [6.07, 6.45) is 1.52. The first-order valence-electron chi connectivity index (χ1n) is 7.85. The van der Waals surface area contributed by atoms with Gasteiger partial charge in [0.25, 0.3) is 0 Å². The fourth-order valence-corrected chi connectivity index (χ4v) is 2.43. The molecular weight excluding hydrogens is 294 g/mol. The van der Waals surface area contributed by atoms with Crippen molar-refractivity contribution in [2.24, 2.45) is 0 Å². The largest absolute Gasteiger partial charge is 0.392 e. The molecule has 6 heteroatoms. The van der Waals surface area contributed by atoms with Crippen LogP contribution in [0.25, 0.3) is 0 Å². The van der Waals surface area contributed by atoms with Crippen molar-refractivity contribution in [2.45, 2.75) is 46.4 Å². The second kappa shape index (κ2) is 8.33. The van der Waals surface area contributed by atoms with Gasteiger partial charge >= 0.3 is 6.03 Å². The molecule has 1 aromatic heterocycles. The van der Waals surface area contributed by atoms with E-state index in [2.05, 4.69) is 15.8 Å². The number of carbonyl (C=O) groups is 1. The number of aromatic nitrogens is 1. The summed E-state index contributed by atoms with van der Waals surface area (Å²) in [6.45, 7) is 4.72. The van der Waals surface area contributed by atoms with Gasteiger partial charge in [0, 0.05) is 25.1 Å². The summed E-state index contributed by atoms with van der Waals surface area (Å²) in [5.74, 6) is 0.813. The van der Waals surface area contributed by atoms with E-state index in [1.54, 1.807) is 0 Å². The predicted octanol–water partition coefficient (Wildman–Crippen LogP) is 2.29. The van der Waals surface area contributed by atoms with Gasteiger partial charge in [0.1, 0.15) is 5.76 Å². The van der Waals surface area contributed by atoms with Crippen LogP contribution in [0.15, 0.2) is 28.8 Å². The number of aliphatic hydroxyl groups is 1. The summed E-state index contributed by atoms with van der Waals surface area (Å²) in [5, 5.41) is 18.9. The third-order valence-corrected chi connectivity index (χ3v) is 3.76. The Kier molecular flexibility index (Phi) is 6.17. The summed E-state index contributed by atoms with van der Waals surface area (Å²) in [4.78, 5) is 12.0. The molecule has 6 nitrogen and oxygen atoms in total. The second-order valence-corrected chi connectivity index (χ2v) is 5.20. The Morgan fingerprint density at radius 1 is 1.13 bits per heavy atom. The average Bonchev–Trinajstić information content (AvgIpc) is 3.00. The fraction of sp³-hybridized carbons (Fsp3) is 0.412. The zero-order chi connectivity index (χ0) is 16.7. The molecule has 0 bridgehead atoms. The van der Waals surface area contributed by atoms with Crippen molar-refractivity contribution in [1.29, 1.82) is 0 Å². The zero-order valence-electron chi connectivity index (χ0n) is 13.6. The standard InChI is InChI=1S/C17H23N3O3/c1-3-15-14(16(4-2)23-20-15)10-19-17(22)18-9-12-7-5-6-8-13(12)11-21/h5-8,21H,3-4,9-11H2,1-2H3,(H2,18,19,22). The Morgan fingerprint density at radius 2 is 1.83 bits per heavy atom. The van der Waals surface area contributed by atoms with Crippen LogP contribution in [0.2, 0.25) is 0 Å². The maximum Gasteiger partial charge on any atom is 0.315 e. The number of benzene rings is 1. The minimum Gasteiger partial charge on any atom is -0.392 e. The molecule has 0 fully saturated rings. The minimum atomic E-state index is -0.261. The number of amides is 2. The lowest BCUT2D eigenvalue weighted by Crippen LogP contribution is -2.35. The van der Waals surface area contributed by atoms with Crippen LogP contribution in [-0.2, 0) is 32.5 Å². The lowest BCUT2D eigenvalue weighted by molar-refractivity contribution is 0.239. The van der Waals surface area contributed by atoms with Gasteiger partial charge in [-0.1, -0.05) is 43.3 Å². The quantitative estimate of drug-likeness (QED) is 0.731. The van der Waals surface area contributed by atoms with E-state index in [0.717, 1.165) is 41.0 Å². The molecule has 0 atom stereocenters. The summed E-state index contributed by atoms with van der Waals surface area (Å²) in [6, 6.07) is 7.21. The van der Waals surface area contributed by atoms with Crippen molar-refractivity contribution < 1.29 is 14.4 Å². The van der Waals surface area contributed by atoms with E-state index in [1.165, 1.54) is 0 Å². The Hall–Kier alpha value is -2.34. The van der Waals surface area contributed by atoms with Gasteiger partial charge in [-0.15, -0.1) is 0 Å². The molecule has 0 aliphatic carbocycles. The monoisotopic (exact) mass is 317 g/mol. The maximum atomic E-state index is 12.0. The molecule has 0 unspecified atom stereocenters. The number of rotatable bonds is 7. The minimum absolute atomic E-state index is 0.0418. The SMILES string of the molecule is CCc1noc(CC)c1CNC(=O)NCc1ccccc1CO. The van der Waals surface area contributed by atoms with Crippen molar-refractivity contribution >= 4 is 6.03 Å². The third kappa shape index (κ3) is 4.32. The van der Waals surface area contributed by atoms with E-state index in [0.29, 0.717) is 13.1 Å². The zero-order valence-corrected chi connectivity index (χ0v) is 13.6. The van der Waals surface area contributed by atoms with Gasteiger partial charge in [-0.25, -0.2) is 4.79 Å². The van der Waals surface area contributed by atoms with Gasteiger partial charge in [0.2, 0.25) is 0 Å². The molecule has 0 saturated heterocycles.